The Kier molecular flexibility index (Phi) is 5.71. The zero-order valence-corrected chi connectivity index (χ0v) is 11.9. The van der Waals surface area contributed by atoms with Crippen molar-refractivity contribution in [1.82, 2.24) is 15.0 Å². The SMILES string of the molecule is CCc1cccnc1CNS(=O)(=O)C(C)CNC. The molecule has 1 unspecified atom stereocenters. The van der Waals surface area contributed by atoms with Crippen LogP contribution in [0.2, 0.25) is 0 Å². The Morgan fingerprint density at radius 3 is 2.78 bits per heavy atom. The first-order chi connectivity index (χ1) is 8.51. The molecule has 0 fully saturated rings. The van der Waals surface area contributed by atoms with E-state index >= 15 is 0 Å². The van der Waals surface area contributed by atoms with Crippen molar-refractivity contribution >= 4 is 10.0 Å². The normalized spacial score (nSPS) is 13.5. The summed E-state index contributed by atoms with van der Waals surface area (Å²) in [6, 6.07) is 3.83. The zero-order valence-electron chi connectivity index (χ0n) is 11.1. The molecular formula is C12H21N3O2S. The van der Waals surface area contributed by atoms with Crippen molar-refractivity contribution in [3.8, 4) is 0 Å². The van der Waals surface area contributed by atoms with Gasteiger partial charge >= 0.3 is 0 Å². The predicted molar refractivity (Wildman–Crippen MR) is 72.8 cm³/mol. The first-order valence-electron chi connectivity index (χ1n) is 6.07. The number of nitrogens with zero attached hydrogens (tertiary/aromatic N) is 1. The molecule has 102 valence electrons. The lowest BCUT2D eigenvalue weighted by Gasteiger charge is -2.14. The van der Waals surface area contributed by atoms with E-state index < -0.39 is 15.3 Å². The molecule has 0 saturated heterocycles. The smallest absolute Gasteiger partial charge is 0.215 e. The van der Waals surface area contributed by atoms with Crippen LogP contribution in [-0.4, -0.2) is 32.2 Å². The fraction of sp³-hybridized carbons (Fsp3) is 0.583. The highest BCUT2D eigenvalue weighted by Crippen LogP contribution is 2.07. The minimum absolute atomic E-state index is 0.250. The average molecular weight is 271 g/mol. The second kappa shape index (κ2) is 6.82. The van der Waals surface area contributed by atoms with Crippen molar-refractivity contribution in [2.75, 3.05) is 13.6 Å². The number of hydrogen-bond acceptors (Lipinski definition) is 4. The summed E-state index contributed by atoms with van der Waals surface area (Å²) in [5.74, 6) is 0. The third-order valence-electron chi connectivity index (χ3n) is 2.83. The maximum Gasteiger partial charge on any atom is 0.215 e. The molecule has 1 aromatic rings. The molecule has 0 aliphatic carbocycles. The standard InChI is InChI=1S/C12H21N3O2S/c1-4-11-6-5-7-14-12(11)9-15-18(16,17)10(2)8-13-3/h5-7,10,13,15H,4,8-9H2,1-3H3. The summed E-state index contributed by atoms with van der Waals surface area (Å²) >= 11 is 0. The van der Waals surface area contributed by atoms with Gasteiger partial charge in [-0.1, -0.05) is 13.0 Å². The van der Waals surface area contributed by atoms with Gasteiger partial charge in [-0.25, -0.2) is 13.1 Å². The molecule has 2 N–H and O–H groups in total. The highest BCUT2D eigenvalue weighted by Gasteiger charge is 2.19. The summed E-state index contributed by atoms with van der Waals surface area (Å²) in [4.78, 5) is 4.22. The van der Waals surface area contributed by atoms with Gasteiger partial charge in [0.25, 0.3) is 0 Å². The Morgan fingerprint density at radius 2 is 2.17 bits per heavy atom. The fourth-order valence-corrected chi connectivity index (χ4v) is 2.67. The maximum atomic E-state index is 11.9. The average Bonchev–Trinajstić information content (AvgIpc) is 2.37. The number of rotatable bonds is 7. The zero-order chi connectivity index (χ0) is 13.6. The molecule has 0 aliphatic heterocycles. The van der Waals surface area contributed by atoms with Crippen molar-refractivity contribution in [3.05, 3.63) is 29.6 Å². The first-order valence-corrected chi connectivity index (χ1v) is 7.61. The molecule has 5 nitrogen and oxygen atoms in total. The number of pyridine rings is 1. The van der Waals surface area contributed by atoms with Crippen LogP contribution in [0.5, 0.6) is 0 Å². The molecule has 0 radical (unpaired) electrons. The van der Waals surface area contributed by atoms with Crippen LogP contribution in [-0.2, 0) is 23.0 Å². The van der Waals surface area contributed by atoms with E-state index in [2.05, 4.69) is 15.0 Å². The van der Waals surface area contributed by atoms with E-state index in [4.69, 9.17) is 0 Å². The summed E-state index contributed by atoms with van der Waals surface area (Å²) in [6.07, 6.45) is 2.52. The van der Waals surface area contributed by atoms with Gasteiger partial charge in [0.2, 0.25) is 10.0 Å². The van der Waals surface area contributed by atoms with Crippen LogP contribution in [0.15, 0.2) is 18.3 Å². The largest absolute Gasteiger partial charge is 0.318 e. The van der Waals surface area contributed by atoms with E-state index in [0.29, 0.717) is 6.54 Å². The van der Waals surface area contributed by atoms with Gasteiger partial charge in [0.15, 0.2) is 0 Å². The van der Waals surface area contributed by atoms with Crippen LogP contribution in [0.1, 0.15) is 25.1 Å². The van der Waals surface area contributed by atoms with Gasteiger partial charge in [0, 0.05) is 12.7 Å². The van der Waals surface area contributed by atoms with Crippen LogP contribution in [0.3, 0.4) is 0 Å². The number of hydrogen-bond donors (Lipinski definition) is 2. The number of sulfonamides is 1. The Balaban J connectivity index is 2.70. The number of aryl methyl sites for hydroxylation is 1. The number of aromatic nitrogens is 1. The van der Waals surface area contributed by atoms with Gasteiger partial charge in [0.05, 0.1) is 17.5 Å². The van der Waals surface area contributed by atoms with Crippen molar-refractivity contribution in [3.63, 3.8) is 0 Å². The van der Waals surface area contributed by atoms with E-state index in [0.717, 1.165) is 17.7 Å². The second-order valence-electron chi connectivity index (χ2n) is 4.20. The van der Waals surface area contributed by atoms with E-state index in [-0.39, 0.29) is 6.54 Å². The van der Waals surface area contributed by atoms with Gasteiger partial charge in [0.1, 0.15) is 0 Å². The van der Waals surface area contributed by atoms with Gasteiger partial charge < -0.3 is 5.32 Å². The molecule has 0 aliphatic rings. The molecule has 1 atom stereocenters. The third kappa shape index (κ3) is 4.04. The molecule has 0 bridgehead atoms. The molecule has 1 heterocycles. The molecule has 0 aromatic carbocycles. The topological polar surface area (TPSA) is 71.1 Å². The summed E-state index contributed by atoms with van der Waals surface area (Å²) in [6.45, 7) is 4.38. The van der Waals surface area contributed by atoms with Crippen LogP contribution < -0.4 is 10.0 Å². The number of nitrogens with one attached hydrogen (secondary N) is 2. The Morgan fingerprint density at radius 1 is 1.44 bits per heavy atom. The Bertz CT molecular complexity index is 474. The van der Waals surface area contributed by atoms with E-state index in [1.807, 2.05) is 19.1 Å². The molecule has 1 aromatic heterocycles. The highest BCUT2D eigenvalue weighted by molar-refractivity contribution is 7.90. The highest BCUT2D eigenvalue weighted by atomic mass is 32.2. The lowest BCUT2D eigenvalue weighted by molar-refractivity contribution is 0.562. The summed E-state index contributed by atoms with van der Waals surface area (Å²) in [5.41, 5.74) is 1.86. The Hall–Kier alpha value is -0.980. The minimum atomic E-state index is -3.30. The van der Waals surface area contributed by atoms with Gasteiger partial charge in [-0.05, 0) is 32.0 Å². The van der Waals surface area contributed by atoms with Gasteiger partial charge in [-0.15, -0.1) is 0 Å². The molecule has 18 heavy (non-hydrogen) atoms. The minimum Gasteiger partial charge on any atom is -0.318 e. The van der Waals surface area contributed by atoms with Crippen LogP contribution in [0, 0.1) is 0 Å². The van der Waals surface area contributed by atoms with E-state index in [9.17, 15) is 8.42 Å². The van der Waals surface area contributed by atoms with Crippen molar-refractivity contribution < 1.29 is 8.42 Å². The predicted octanol–water partition coefficient (Wildman–Crippen LogP) is 0.671. The summed E-state index contributed by atoms with van der Waals surface area (Å²) in [5, 5.41) is 2.40. The molecule has 6 heteroatoms. The monoisotopic (exact) mass is 271 g/mol. The third-order valence-corrected chi connectivity index (χ3v) is 4.60. The molecule has 0 spiro atoms. The van der Waals surface area contributed by atoms with Crippen LogP contribution in [0.25, 0.3) is 0 Å². The van der Waals surface area contributed by atoms with E-state index in [1.54, 1.807) is 20.2 Å². The van der Waals surface area contributed by atoms with E-state index in [1.165, 1.54) is 0 Å². The Labute approximate surface area is 109 Å². The summed E-state index contributed by atoms with van der Waals surface area (Å²) in [7, 11) is -1.56. The first kappa shape index (κ1) is 15.1. The second-order valence-corrected chi connectivity index (χ2v) is 6.38. The van der Waals surface area contributed by atoms with Gasteiger partial charge in [-0.2, -0.15) is 0 Å². The summed E-state index contributed by atoms with van der Waals surface area (Å²) < 4.78 is 26.4. The molecular weight excluding hydrogens is 250 g/mol. The van der Waals surface area contributed by atoms with Crippen molar-refractivity contribution in [2.45, 2.75) is 32.1 Å². The lowest BCUT2D eigenvalue weighted by Crippen LogP contribution is -2.38. The van der Waals surface area contributed by atoms with Crippen molar-refractivity contribution in [1.29, 1.82) is 0 Å². The fourth-order valence-electron chi connectivity index (χ4n) is 1.66. The van der Waals surface area contributed by atoms with Crippen LogP contribution in [0.4, 0.5) is 0 Å². The quantitative estimate of drug-likeness (QED) is 0.765. The maximum absolute atomic E-state index is 11.9. The molecule has 0 amide bonds. The molecule has 1 rings (SSSR count). The van der Waals surface area contributed by atoms with Crippen LogP contribution >= 0.6 is 0 Å². The van der Waals surface area contributed by atoms with Crippen molar-refractivity contribution in [2.24, 2.45) is 0 Å². The molecule has 0 saturated carbocycles. The van der Waals surface area contributed by atoms with Gasteiger partial charge in [-0.3, -0.25) is 4.98 Å². The lowest BCUT2D eigenvalue weighted by atomic mass is 10.1.